The molecule has 1 aliphatic heterocycles. The number of nitrogens with zero attached hydrogens (tertiary/aromatic N) is 3. The highest BCUT2D eigenvalue weighted by atomic mass is 32.2. The summed E-state index contributed by atoms with van der Waals surface area (Å²) in [7, 11) is 0. The number of hydrogen-bond donors (Lipinski definition) is 1. The van der Waals surface area contributed by atoms with Gasteiger partial charge in [-0.15, -0.1) is 0 Å². The summed E-state index contributed by atoms with van der Waals surface area (Å²) in [4.78, 5) is 19.6. The first kappa shape index (κ1) is 18.9. The number of rotatable bonds is 6. The Labute approximate surface area is 170 Å². The van der Waals surface area contributed by atoms with Crippen molar-refractivity contribution < 1.29 is 4.79 Å². The van der Waals surface area contributed by atoms with Gasteiger partial charge in [0.2, 0.25) is 5.91 Å². The van der Waals surface area contributed by atoms with Crippen molar-refractivity contribution in [3.63, 3.8) is 0 Å². The number of aryl methyl sites for hydroxylation is 1. The summed E-state index contributed by atoms with van der Waals surface area (Å²) in [6, 6.07) is 16.5. The minimum Gasteiger partial charge on any atom is -0.370 e. The Bertz CT molecular complexity index is 945. The molecular weight excluding hydrogens is 368 g/mol. The highest BCUT2D eigenvalue weighted by molar-refractivity contribution is 7.99. The van der Waals surface area contributed by atoms with Crippen LogP contribution in [0.4, 0.5) is 5.69 Å². The number of imidazole rings is 1. The van der Waals surface area contributed by atoms with Gasteiger partial charge in [0.1, 0.15) is 12.4 Å². The number of para-hydroxylation sites is 2. The fraction of sp³-hybridized carbons (Fsp3) is 0.364. The second-order valence-corrected chi connectivity index (χ2v) is 8.22. The number of fused-ring (bicyclic) bond motifs is 1. The highest BCUT2D eigenvalue weighted by Gasteiger charge is 2.13. The molecule has 1 saturated heterocycles. The standard InChI is InChI=1S/C22H26N4OS/c1-2-21-24-19-5-3-4-6-20(19)26(21)16-22(27)23-15-17-7-9-18(10-8-17)25-11-13-28-14-12-25/h3-10H,2,11-16H2,1H3,(H,23,27). The first-order valence-corrected chi connectivity index (χ1v) is 11.0. The van der Waals surface area contributed by atoms with E-state index in [4.69, 9.17) is 0 Å². The lowest BCUT2D eigenvalue weighted by Gasteiger charge is -2.28. The van der Waals surface area contributed by atoms with Crippen LogP contribution >= 0.6 is 11.8 Å². The summed E-state index contributed by atoms with van der Waals surface area (Å²) in [5.41, 5.74) is 4.35. The quantitative estimate of drug-likeness (QED) is 0.696. The third-order valence-electron chi connectivity index (χ3n) is 5.15. The minimum atomic E-state index is 0.00925. The van der Waals surface area contributed by atoms with Gasteiger partial charge in [-0.05, 0) is 29.8 Å². The van der Waals surface area contributed by atoms with Gasteiger partial charge < -0.3 is 14.8 Å². The molecule has 1 aromatic heterocycles. The van der Waals surface area contributed by atoms with Gasteiger partial charge in [0, 0.05) is 43.2 Å². The van der Waals surface area contributed by atoms with E-state index in [-0.39, 0.29) is 5.91 Å². The zero-order valence-electron chi connectivity index (χ0n) is 16.2. The molecular formula is C22H26N4OS. The van der Waals surface area contributed by atoms with Crippen molar-refractivity contribution >= 4 is 34.4 Å². The minimum absolute atomic E-state index is 0.00925. The van der Waals surface area contributed by atoms with Crippen molar-refractivity contribution in [1.82, 2.24) is 14.9 Å². The molecule has 2 aromatic carbocycles. The Morgan fingerprint density at radius 1 is 1.11 bits per heavy atom. The van der Waals surface area contributed by atoms with Gasteiger partial charge in [-0.3, -0.25) is 4.79 Å². The maximum Gasteiger partial charge on any atom is 0.240 e. The van der Waals surface area contributed by atoms with Crippen LogP contribution in [0.3, 0.4) is 0 Å². The molecule has 3 aromatic rings. The molecule has 0 atom stereocenters. The van der Waals surface area contributed by atoms with Crippen molar-refractivity contribution in [2.75, 3.05) is 29.5 Å². The number of aromatic nitrogens is 2. The summed E-state index contributed by atoms with van der Waals surface area (Å²) in [6.07, 6.45) is 0.804. The molecule has 0 saturated carbocycles. The number of carbonyl (C=O) groups is 1. The number of carbonyl (C=O) groups excluding carboxylic acids is 1. The Morgan fingerprint density at radius 2 is 1.86 bits per heavy atom. The van der Waals surface area contributed by atoms with Gasteiger partial charge in [0.25, 0.3) is 0 Å². The van der Waals surface area contributed by atoms with Crippen molar-refractivity contribution in [1.29, 1.82) is 0 Å². The first-order chi connectivity index (χ1) is 13.7. The topological polar surface area (TPSA) is 50.2 Å². The van der Waals surface area contributed by atoms with E-state index in [2.05, 4.69) is 46.4 Å². The SMILES string of the molecule is CCc1nc2ccccc2n1CC(=O)NCc1ccc(N2CCSCC2)cc1. The van der Waals surface area contributed by atoms with Gasteiger partial charge in [-0.1, -0.05) is 31.2 Å². The molecule has 6 heteroatoms. The van der Waals surface area contributed by atoms with Crippen LogP contribution in [-0.4, -0.2) is 40.1 Å². The fourth-order valence-electron chi connectivity index (χ4n) is 3.62. The molecule has 2 heterocycles. The molecule has 5 nitrogen and oxygen atoms in total. The number of nitrogens with one attached hydrogen (secondary N) is 1. The van der Waals surface area contributed by atoms with E-state index in [9.17, 15) is 4.79 Å². The van der Waals surface area contributed by atoms with E-state index < -0.39 is 0 Å². The van der Waals surface area contributed by atoms with Crippen molar-refractivity contribution in [2.24, 2.45) is 0 Å². The van der Waals surface area contributed by atoms with Gasteiger partial charge in [0.15, 0.2) is 0 Å². The predicted molar refractivity (Wildman–Crippen MR) is 117 cm³/mol. The van der Waals surface area contributed by atoms with Gasteiger partial charge >= 0.3 is 0 Å². The third-order valence-corrected chi connectivity index (χ3v) is 6.10. The van der Waals surface area contributed by atoms with Gasteiger partial charge in [-0.25, -0.2) is 4.98 Å². The fourth-order valence-corrected chi connectivity index (χ4v) is 4.52. The number of benzene rings is 2. The molecule has 0 spiro atoms. The number of hydrogen-bond acceptors (Lipinski definition) is 4. The molecule has 146 valence electrons. The molecule has 0 unspecified atom stereocenters. The molecule has 0 bridgehead atoms. The molecule has 1 aliphatic rings. The van der Waals surface area contributed by atoms with Crippen molar-refractivity contribution in [2.45, 2.75) is 26.4 Å². The van der Waals surface area contributed by atoms with E-state index in [0.717, 1.165) is 41.9 Å². The highest BCUT2D eigenvalue weighted by Crippen LogP contribution is 2.20. The Kier molecular flexibility index (Phi) is 5.86. The van der Waals surface area contributed by atoms with Crippen LogP contribution in [0.1, 0.15) is 18.3 Å². The van der Waals surface area contributed by atoms with E-state index in [1.54, 1.807) is 0 Å². The number of thioether (sulfide) groups is 1. The van der Waals surface area contributed by atoms with Gasteiger partial charge in [0.05, 0.1) is 11.0 Å². The summed E-state index contributed by atoms with van der Waals surface area (Å²) in [5, 5.41) is 3.05. The molecule has 1 amide bonds. The zero-order chi connectivity index (χ0) is 19.3. The van der Waals surface area contributed by atoms with Crippen LogP contribution in [0.2, 0.25) is 0 Å². The first-order valence-electron chi connectivity index (χ1n) is 9.87. The molecule has 0 aliphatic carbocycles. The van der Waals surface area contributed by atoms with E-state index in [1.165, 1.54) is 17.2 Å². The second-order valence-electron chi connectivity index (χ2n) is 7.00. The summed E-state index contributed by atoms with van der Waals surface area (Å²) in [6.45, 7) is 5.13. The molecule has 1 fully saturated rings. The molecule has 4 rings (SSSR count). The normalized spacial score (nSPS) is 14.4. The van der Waals surface area contributed by atoms with Crippen LogP contribution in [0.25, 0.3) is 11.0 Å². The molecule has 0 radical (unpaired) electrons. The maximum atomic E-state index is 12.5. The van der Waals surface area contributed by atoms with Crippen LogP contribution in [-0.2, 0) is 24.3 Å². The average Bonchev–Trinajstić information content (AvgIpc) is 3.11. The largest absolute Gasteiger partial charge is 0.370 e. The lowest BCUT2D eigenvalue weighted by atomic mass is 10.2. The Morgan fingerprint density at radius 3 is 2.61 bits per heavy atom. The van der Waals surface area contributed by atoms with Crippen LogP contribution in [0.5, 0.6) is 0 Å². The van der Waals surface area contributed by atoms with Crippen LogP contribution in [0, 0.1) is 0 Å². The maximum absolute atomic E-state index is 12.5. The van der Waals surface area contributed by atoms with E-state index in [1.807, 2.05) is 40.6 Å². The molecule has 28 heavy (non-hydrogen) atoms. The second kappa shape index (κ2) is 8.69. The summed E-state index contributed by atoms with van der Waals surface area (Å²) < 4.78 is 2.02. The number of anilines is 1. The summed E-state index contributed by atoms with van der Waals surface area (Å²) in [5.74, 6) is 3.34. The zero-order valence-corrected chi connectivity index (χ0v) is 17.0. The average molecular weight is 395 g/mol. The lowest BCUT2D eigenvalue weighted by molar-refractivity contribution is -0.121. The van der Waals surface area contributed by atoms with Gasteiger partial charge in [-0.2, -0.15) is 11.8 Å². The lowest BCUT2D eigenvalue weighted by Crippen LogP contribution is -2.32. The van der Waals surface area contributed by atoms with Crippen molar-refractivity contribution in [3.8, 4) is 0 Å². The van der Waals surface area contributed by atoms with Crippen molar-refractivity contribution in [3.05, 3.63) is 59.9 Å². The van der Waals surface area contributed by atoms with E-state index in [0.29, 0.717) is 13.1 Å². The molecule has 1 N–H and O–H groups in total. The number of amides is 1. The van der Waals surface area contributed by atoms with Crippen LogP contribution < -0.4 is 10.2 Å². The smallest absolute Gasteiger partial charge is 0.240 e. The van der Waals surface area contributed by atoms with Crippen LogP contribution in [0.15, 0.2) is 48.5 Å². The van der Waals surface area contributed by atoms with E-state index >= 15 is 0 Å². The monoisotopic (exact) mass is 394 g/mol. The Hall–Kier alpha value is -2.47. The Balaban J connectivity index is 1.37. The third kappa shape index (κ3) is 4.17. The predicted octanol–water partition coefficient (Wildman–Crippen LogP) is 3.47. The summed E-state index contributed by atoms with van der Waals surface area (Å²) >= 11 is 2.02.